The van der Waals surface area contributed by atoms with Gasteiger partial charge in [0.2, 0.25) is 0 Å². The van der Waals surface area contributed by atoms with Gasteiger partial charge in [0.1, 0.15) is 11.6 Å². The molecule has 0 aromatic carbocycles. The largest absolute Gasteiger partial charge is 0.367 e. The van der Waals surface area contributed by atoms with E-state index in [1.807, 2.05) is 23.7 Å². The van der Waals surface area contributed by atoms with Crippen LogP contribution < -0.4 is 16.0 Å². The molecule has 2 aliphatic carbocycles. The van der Waals surface area contributed by atoms with Gasteiger partial charge in [-0.3, -0.25) is 0 Å². The standard InChI is InChI=1S/C19H24N6/c1-12-4-5-15(10-13(2)19(12)20-3)22-16-11-18(23-14-6-7-14)25-17(24-16)8-9-21-25/h4-5,8-11,14,19-20,23H,6-7H2,1-3H3,(H,22,24)/t19-/m0/s1. The molecule has 2 aliphatic rings. The van der Waals surface area contributed by atoms with Gasteiger partial charge in [0.15, 0.2) is 5.65 Å². The Hall–Kier alpha value is -2.60. The summed E-state index contributed by atoms with van der Waals surface area (Å²) in [6, 6.07) is 4.78. The third kappa shape index (κ3) is 3.30. The minimum Gasteiger partial charge on any atom is -0.367 e. The molecule has 2 aromatic heterocycles. The molecule has 1 saturated carbocycles. The highest BCUT2D eigenvalue weighted by atomic mass is 15.3. The van der Waals surface area contributed by atoms with Crippen LogP contribution in [-0.2, 0) is 0 Å². The number of nitrogens with one attached hydrogen (secondary N) is 3. The van der Waals surface area contributed by atoms with Crippen molar-refractivity contribution in [2.24, 2.45) is 0 Å². The molecule has 4 rings (SSSR count). The molecule has 6 nitrogen and oxygen atoms in total. The summed E-state index contributed by atoms with van der Waals surface area (Å²) in [5.41, 5.74) is 4.43. The van der Waals surface area contributed by atoms with Gasteiger partial charge in [-0.1, -0.05) is 17.2 Å². The number of hydrogen-bond donors (Lipinski definition) is 3. The van der Waals surface area contributed by atoms with Gasteiger partial charge in [-0.2, -0.15) is 9.61 Å². The van der Waals surface area contributed by atoms with E-state index in [4.69, 9.17) is 0 Å². The van der Waals surface area contributed by atoms with E-state index in [1.165, 1.54) is 24.0 Å². The number of aromatic nitrogens is 3. The molecule has 3 N–H and O–H groups in total. The number of rotatable bonds is 5. The predicted octanol–water partition coefficient (Wildman–Crippen LogP) is 3.09. The van der Waals surface area contributed by atoms with Crippen molar-refractivity contribution < 1.29 is 0 Å². The summed E-state index contributed by atoms with van der Waals surface area (Å²) in [5, 5.41) is 14.7. The van der Waals surface area contributed by atoms with Crippen LogP contribution in [0.4, 0.5) is 11.6 Å². The van der Waals surface area contributed by atoms with E-state index < -0.39 is 0 Å². The summed E-state index contributed by atoms with van der Waals surface area (Å²) in [6.45, 7) is 4.29. The van der Waals surface area contributed by atoms with Crippen LogP contribution in [0.1, 0.15) is 26.7 Å². The van der Waals surface area contributed by atoms with Crippen LogP contribution in [0.3, 0.4) is 0 Å². The zero-order valence-corrected chi connectivity index (χ0v) is 14.9. The monoisotopic (exact) mass is 336 g/mol. The molecule has 25 heavy (non-hydrogen) atoms. The van der Waals surface area contributed by atoms with E-state index in [9.17, 15) is 0 Å². The Morgan fingerprint density at radius 3 is 2.76 bits per heavy atom. The van der Waals surface area contributed by atoms with Crippen molar-refractivity contribution in [3.8, 4) is 0 Å². The average Bonchev–Trinajstić information content (AvgIpc) is 3.29. The van der Waals surface area contributed by atoms with Gasteiger partial charge in [-0.25, -0.2) is 4.98 Å². The number of fused-ring (bicyclic) bond motifs is 1. The second kappa shape index (κ2) is 6.37. The molecule has 0 amide bonds. The number of allylic oxidation sites excluding steroid dienone is 3. The highest BCUT2D eigenvalue weighted by Crippen LogP contribution is 2.27. The summed E-state index contributed by atoms with van der Waals surface area (Å²) in [5.74, 6) is 1.80. The minimum atomic E-state index is 0.271. The van der Waals surface area contributed by atoms with Crippen LogP contribution in [-0.4, -0.2) is 33.7 Å². The highest BCUT2D eigenvalue weighted by Gasteiger charge is 2.22. The van der Waals surface area contributed by atoms with Crippen molar-refractivity contribution in [3.05, 3.63) is 53.4 Å². The first-order valence-electron chi connectivity index (χ1n) is 8.76. The molecule has 1 fully saturated rings. The first kappa shape index (κ1) is 15.9. The number of likely N-dealkylation sites (N-methyl/N-ethyl adjacent to an activating group) is 1. The first-order chi connectivity index (χ1) is 12.1. The van der Waals surface area contributed by atoms with Gasteiger partial charge < -0.3 is 16.0 Å². The molecular formula is C19H24N6. The molecule has 2 heterocycles. The molecule has 0 saturated heterocycles. The lowest BCUT2D eigenvalue weighted by molar-refractivity contribution is 0.716. The molecule has 130 valence electrons. The normalized spacial score (nSPS) is 20.6. The van der Waals surface area contributed by atoms with Gasteiger partial charge >= 0.3 is 0 Å². The fourth-order valence-corrected chi connectivity index (χ4v) is 3.25. The van der Waals surface area contributed by atoms with E-state index in [1.54, 1.807) is 6.20 Å². The third-order valence-electron chi connectivity index (χ3n) is 4.67. The summed E-state index contributed by atoms with van der Waals surface area (Å²) in [6.07, 6.45) is 10.6. The quantitative estimate of drug-likeness (QED) is 0.783. The first-order valence-corrected chi connectivity index (χ1v) is 8.76. The predicted molar refractivity (Wildman–Crippen MR) is 102 cm³/mol. The van der Waals surface area contributed by atoms with E-state index in [-0.39, 0.29) is 6.04 Å². The molecule has 6 heteroatoms. The van der Waals surface area contributed by atoms with Crippen LogP contribution in [0.15, 0.2) is 53.4 Å². The fraction of sp³-hybridized carbons (Fsp3) is 0.368. The molecule has 2 aromatic rings. The Balaban J connectivity index is 1.65. The van der Waals surface area contributed by atoms with E-state index in [0.717, 1.165) is 23.0 Å². The SMILES string of the molecule is CN[C@H]1C(C)=CC=C(Nc2cc(NC3CC3)n3nccc3n2)C=C1C. The molecular weight excluding hydrogens is 312 g/mol. The van der Waals surface area contributed by atoms with Crippen LogP contribution in [0.5, 0.6) is 0 Å². The Morgan fingerprint density at radius 2 is 2.00 bits per heavy atom. The van der Waals surface area contributed by atoms with Crippen molar-refractivity contribution >= 4 is 17.3 Å². The number of nitrogens with zero attached hydrogens (tertiary/aromatic N) is 3. The number of hydrogen-bond acceptors (Lipinski definition) is 5. The smallest absolute Gasteiger partial charge is 0.159 e. The average molecular weight is 336 g/mol. The van der Waals surface area contributed by atoms with E-state index in [2.05, 4.69) is 58.1 Å². The lowest BCUT2D eigenvalue weighted by Gasteiger charge is -2.17. The van der Waals surface area contributed by atoms with Crippen molar-refractivity contribution in [2.45, 2.75) is 38.8 Å². The van der Waals surface area contributed by atoms with Gasteiger partial charge in [0.25, 0.3) is 0 Å². The lowest BCUT2D eigenvalue weighted by atomic mass is 10.0. The second-order valence-electron chi connectivity index (χ2n) is 6.81. The molecule has 0 unspecified atom stereocenters. The highest BCUT2D eigenvalue weighted by molar-refractivity contribution is 5.60. The Kier molecular flexibility index (Phi) is 4.05. The molecule has 0 bridgehead atoms. The van der Waals surface area contributed by atoms with Crippen molar-refractivity contribution in [1.82, 2.24) is 19.9 Å². The van der Waals surface area contributed by atoms with Gasteiger partial charge in [-0.05, 0) is 45.9 Å². The van der Waals surface area contributed by atoms with Crippen molar-refractivity contribution in [2.75, 3.05) is 17.7 Å². The van der Waals surface area contributed by atoms with Crippen molar-refractivity contribution in [3.63, 3.8) is 0 Å². The van der Waals surface area contributed by atoms with E-state index >= 15 is 0 Å². The fourth-order valence-electron chi connectivity index (χ4n) is 3.25. The number of anilines is 2. The summed E-state index contributed by atoms with van der Waals surface area (Å²) in [7, 11) is 1.99. The summed E-state index contributed by atoms with van der Waals surface area (Å²) >= 11 is 0. The van der Waals surface area contributed by atoms with Gasteiger partial charge in [0, 0.05) is 29.9 Å². The Bertz CT molecular complexity index is 884. The summed E-state index contributed by atoms with van der Waals surface area (Å²) < 4.78 is 1.85. The van der Waals surface area contributed by atoms with Gasteiger partial charge in [-0.15, -0.1) is 0 Å². The third-order valence-corrected chi connectivity index (χ3v) is 4.67. The summed E-state index contributed by atoms with van der Waals surface area (Å²) in [4.78, 5) is 4.67. The van der Waals surface area contributed by atoms with Crippen LogP contribution in [0, 0.1) is 0 Å². The molecule has 0 radical (unpaired) electrons. The molecule has 1 atom stereocenters. The Labute approximate surface area is 147 Å². The second-order valence-corrected chi connectivity index (χ2v) is 6.81. The molecule has 0 spiro atoms. The van der Waals surface area contributed by atoms with Crippen LogP contribution >= 0.6 is 0 Å². The maximum Gasteiger partial charge on any atom is 0.159 e. The minimum absolute atomic E-state index is 0.271. The lowest BCUT2D eigenvalue weighted by Crippen LogP contribution is -2.27. The van der Waals surface area contributed by atoms with Gasteiger partial charge in [0.05, 0.1) is 6.20 Å². The van der Waals surface area contributed by atoms with Crippen molar-refractivity contribution in [1.29, 1.82) is 0 Å². The van der Waals surface area contributed by atoms with E-state index in [0.29, 0.717) is 6.04 Å². The van der Waals surface area contributed by atoms with Crippen LogP contribution in [0.2, 0.25) is 0 Å². The van der Waals surface area contributed by atoms with Crippen LogP contribution in [0.25, 0.3) is 5.65 Å². The maximum atomic E-state index is 4.67. The Morgan fingerprint density at radius 1 is 1.16 bits per heavy atom. The maximum absolute atomic E-state index is 4.67. The molecule has 0 aliphatic heterocycles. The zero-order valence-electron chi connectivity index (χ0n) is 14.9. The zero-order chi connectivity index (χ0) is 17.4. The topological polar surface area (TPSA) is 66.3 Å².